The quantitative estimate of drug-likeness (QED) is 0.294. The van der Waals surface area contributed by atoms with Crippen LogP contribution >= 0.6 is 11.6 Å². The maximum Gasteiger partial charge on any atom is 0.155 e. The van der Waals surface area contributed by atoms with Crippen molar-refractivity contribution in [3.8, 4) is 0 Å². The van der Waals surface area contributed by atoms with E-state index in [1.54, 1.807) is 18.2 Å². The van der Waals surface area contributed by atoms with Crippen molar-refractivity contribution in [3.63, 3.8) is 0 Å². The Balaban J connectivity index is 5.04. The number of ether oxygens (including phenoxy) is 1. The molecule has 0 aromatic heterocycles. The van der Waals surface area contributed by atoms with Crippen molar-refractivity contribution in [1.82, 2.24) is 0 Å². The fourth-order valence-corrected chi connectivity index (χ4v) is 0.817. The lowest BCUT2D eigenvalue weighted by atomic mass is 10.2. The molecule has 0 amide bonds. The first-order valence-corrected chi connectivity index (χ1v) is 3.92. The van der Waals surface area contributed by atoms with Gasteiger partial charge >= 0.3 is 0 Å². The summed E-state index contributed by atoms with van der Waals surface area (Å²) in [7, 11) is 1.45. The number of carbonyl (C=O) groups excluding carboxylic acids is 1. The van der Waals surface area contributed by atoms with Crippen molar-refractivity contribution < 1.29 is 9.53 Å². The van der Waals surface area contributed by atoms with Crippen molar-refractivity contribution in [3.05, 3.63) is 47.8 Å². The molecule has 0 saturated heterocycles. The van der Waals surface area contributed by atoms with Gasteiger partial charge in [-0.1, -0.05) is 36.9 Å². The first-order chi connectivity index (χ1) is 6.17. The Bertz CT molecular complexity index is 275. The topological polar surface area (TPSA) is 26.3 Å². The van der Waals surface area contributed by atoms with E-state index >= 15 is 0 Å². The molecule has 0 heterocycles. The highest BCUT2D eigenvalue weighted by atomic mass is 35.5. The average molecular weight is 199 g/mol. The lowest BCUT2D eigenvalue weighted by molar-refractivity contribution is -0.104. The Morgan fingerprint density at radius 3 is 2.46 bits per heavy atom. The Labute approximate surface area is 82.8 Å². The zero-order chi connectivity index (χ0) is 10.3. The van der Waals surface area contributed by atoms with Gasteiger partial charge in [-0.3, -0.25) is 4.79 Å². The summed E-state index contributed by atoms with van der Waals surface area (Å²) in [6.07, 6.45) is 5.40. The molecule has 0 aromatic carbocycles. The second kappa shape index (κ2) is 6.26. The monoisotopic (exact) mass is 198 g/mol. The third-order valence-electron chi connectivity index (χ3n) is 1.28. The van der Waals surface area contributed by atoms with Gasteiger partial charge in [0.15, 0.2) is 6.29 Å². The minimum absolute atomic E-state index is 0.153. The van der Waals surface area contributed by atoms with Crippen LogP contribution in [0.3, 0.4) is 0 Å². The minimum Gasteiger partial charge on any atom is -0.496 e. The number of allylic oxidation sites excluding steroid dienone is 5. The molecule has 0 saturated carbocycles. The fourth-order valence-electron chi connectivity index (χ4n) is 0.679. The van der Waals surface area contributed by atoms with E-state index in [0.29, 0.717) is 12.0 Å². The van der Waals surface area contributed by atoms with Crippen LogP contribution in [0.25, 0.3) is 0 Å². The standard InChI is InChI=1S/C10H11ClO2/c1-4-5-6-10(13-3)9(7-12)8(2)11/h4-7H,1-2H2,3H3/b6-5-,10-9+. The lowest BCUT2D eigenvalue weighted by Gasteiger charge is -2.03. The third kappa shape index (κ3) is 3.76. The van der Waals surface area contributed by atoms with Crippen LogP contribution in [0.5, 0.6) is 0 Å². The molecule has 0 aliphatic carbocycles. The average Bonchev–Trinajstić information content (AvgIpc) is 2.11. The SMILES string of the molecule is C=C/C=C\C(OC)=C(\C=O)C(=C)Cl. The lowest BCUT2D eigenvalue weighted by Crippen LogP contribution is -1.93. The van der Waals surface area contributed by atoms with Gasteiger partial charge in [-0.2, -0.15) is 0 Å². The van der Waals surface area contributed by atoms with E-state index in [0.717, 1.165) is 0 Å². The van der Waals surface area contributed by atoms with E-state index in [-0.39, 0.29) is 10.6 Å². The first-order valence-electron chi connectivity index (χ1n) is 3.54. The van der Waals surface area contributed by atoms with E-state index in [1.807, 2.05) is 0 Å². The van der Waals surface area contributed by atoms with Crippen molar-refractivity contribution in [2.75, 3.05) is 7.11 Å². The van der Waals surface area contributed by atoms with Gasteiger partial charge in [0.05, 0.1) is 12.7 Å². The van der Waals surface area contributed by atoms with Crippen LogP contribution in [0.2, 0.25) is 0 Å². The van der Waals surface area contributed by atoms with Gasteiger partial charge < -0.3 is 4.74 Å². The van der Waals surface area contributed by atoms with Crippen LogP contribution in [0.4, 0.5) is 0 Å². The van der Waals surface area contributed by atoms with Crippen LogP contribution in [-0.4, -0.2) is 13.4 Å². The summed E-state index contributed by atoms with van der Waals surface area (Å²) in [5, 5.41) is 0.153. The molecule has 0 spiro atoms. The molecule has 0 atom stereocenters. The largest absolute Gasteiger partial charge is 0.496 e. The van der Waals surface area contributed by atoms with E-state index in [1.165, 1.54) is 7.11 Å². The molecule has 70 valence electrons. The van der Waals surface area contributed by atoms with Gasteiger partial charge in [0.25, 0.3) is 0 Å². The van der Waals surface area contributed by atoms with Gasteiger partial charge in [-0.05, 0) is 6.08 Å². The highest BCUT2D eigenvalue weighted by Crippen LogP contribution is 2.16. The van der Waals surface area contributed by atoms with Crippen molar-refractivity contribution in [2.45, 2.75) is 0 Å². The number of aldehydes is 1. The van der Waals surface area contributed by atoms with E-state index in [2.05, 4.69) is 13.2 Å². The van der Waals surface area contributed by atoms with Gasteiger partial charge in [0.2, 0.25) is 0 Å². The number of halogens is 1. The molecule has 0 radical (unpaired) electrons. The second-order valence-corrected chi connectivity index (χ2v) is 2.56. The molecule has 3 heteroatoms. The Morgan fingerprint density at radius 1 is 1.54 bits per heavy atom. The van der Waals surface area contributed by atoms with Crippen molar-refractivity contribution in [1.29, 1.82) is 0 Å². The Morgan fingerprint density at radius 2 is 2.15 bits per heavy atom. The minimum atomic E-state index is 0.153. The predicted molar refractivity (Wildman–Crippen MR) is 54.4 cm³/mol. The molecule has 0 aliphatic rings. The molecule has 0 bridgehead atoms. The zero-order valence-electron chi connectivity index (χ0n) is 7.42. The molecule has 0 aromatic rings. The Hall–Kier alpha value is -1.28. The van der Waals surface area contributed by atoms with E-state index < -0.39 is 0 Å². The maximum absolute atomic E-state index is 10.6. The van der Waals surface area contributed by atoms with Crippen LogP contribution in [0.15, 0.2) is 47.8 Å². The van der Waals surface area contributed by atoms with E-state index in [4.69, 9.17) is 16.3 Å². The second-order valence-electron chi connectivity index (χ2n) is 2.10. The third-order valence-corrected chi connectivity index (χ3v) is 1.48. The van der Waals surface area contributed by atoms with Crippen LogP contribution in [0.1, 0.15) is 0 Å². The molecule has 13 heavy (non-hydrogen) atoms. The summed E-state index contributed by atoms with van der Waals surface area (Å²) in [6.45, 7) is 6.93. The molecule has 2 nitrogen and oxygen atoms in total. The van der Waals surface area contributed by atoms with Crippen LogP contribution in [-0.2, 0) is 9.53 Å². The summed E-state index contributed by atoms with van der Waals surface area (Å²) in [4.78, 5) is 10.6. The smallest absolute Gasteiger partial charge is 0.155 e. The number of hydrogen-bond donors (Lipinski definition) is 0. The van der Waals surface area contributed by atoms with Gasteiger partial charge in [-0.15, -0.1) is 0 Å². The van der Waals surface area contributed by atoms with Crippen LogP contribution < -0.4 is 0 Å². The summed E-state index contributed by atoms with van der Waals surface area (Å²) < 4.78 is 4.94. The van der Waals surface area contributed by atoms with Crippen molar-refractivity contribution in [2.24, 2.45) is 0 Å². The molecule has 0 unspecified atom stereocenters. The van der Waals surface area contributed by atoms with Gasteiger partial charge in [0, 0.05) is 5.03 Å². The summed E-state index contributed by atoms with van der Waals surface area (Å²) >= 11 is 5.57. The number of methoxy groups -OCH3 is 1. The van der Waals surface area contributed by atoms with Gasteiger partial charge in [0.1, 0.15) is 5.76 Å². The number of hydrogen-bond acceptors (Lipinski definition) is 2. The molecular weight excluding hydrogens is 188 g/mol. The van der Waals surface area contributed by atoms with Crippen molar-refractivity contribution >= 4 is 17.9 Å². The normalized spacial score (nSPS) is 12.2. The first kappa shape index (κ1) is 11.7. The predicted octanol–water partition coefficient (Wildman–Crippen LogP) is 2.58. The van der Waals surface area contributed by atoms with Crippen LogP contribution in [0, 0.1) is 0 Å². The maximum atomic E-state index is 10.6. The fraction of sp³-hybridized carbons (Fsp3) is 0.100. The summed E-state index contributed by atoms with van der Waals surface area (Å²) in [6, 6.07) is 0. The molecule has 0 N–H and O–H groups in total. The van der Waals surface area contributed by atoms with E-state index in [9.17, 15) is 4.79 Å². The molecular formula is C10H11ClO2. The highest BCUT2D eigenvalue weighted by molar-refractivity contribution is 6.33. The summed E-state index contributed by atoms with van der Waals surface area (Å²) in [5.74, 6) is 0.370. The zero-order valence-corrected chi connectivity index (χ0v) is 8.17. The summed E-state index contributed by atoms with van der Waals surface area (Å²) in [5.41, 5.74) is 0.238. The number of rotatable bonds is 5. The Kier molecular flexibility index (Phi) is 5.64. The highest BCUT2D eigenvalue weighted by Gasteiger charge is 2.05. The van der Waals surface area contributed by atoms with Gasteiger partial charge in [-0.25, -0.2) is 0 Å². The molecule has 0 fully saturated rings. The molecule has 0 aliphatic heterocycles. The number of carbonyl (C=O) groups is 1. The molecule has 0 rings (SSSR count).